The molecule has 0 fully saturated rings. The average Bonchev–Trinajstić information content (AvgIpc) is 3.06. The summed E-state index contributed by atoms with van der Waals surface area (Å²) in [6.07, 6.45) is -0.953. The molecule has 0 unspecified atom stereocenters. The van der Waals surface area contributed by atoms with Crippen LogP contribution in [-0.2, 0) is 9.53 Å². The van der Waals surface area contributed by atoms with Crippen LogP contribution < -0.4 is 11.1 Å². The van der Waals surface area contributed by atoms with Crippen molar-refractivity contribution in [3.8, 4) is 0 Å². The highest BCUT2D eigenvalue weighted by molar-refractivity contribution is 7.29. The SMILES string of the molecule is C[C@@H](OC(=O)c1cc2sc(Nc3ccccc3)nc2s1)C(N)=O. The first-order valence-corrected chi connectivity index (χ1v) is 8.39. The van der Waals surface area contributed by atoms with Gasteiger partial charge in [-0.15, -0.1) is 11.3 Å². The number of anilines is 2. The number of nitrogens with one attached hydrogen (secondary N) is 1. The Labute approximate surface area is 139 Å². The van der Waals surface area contributed by atoms with E-state index in [1.807, 2.05) is 30.3 Å². The van der Waals surface area contributed by atoms with Crippen molar-refractivity contribution in [3.05, 3.63) is 41.3 Å². The predicted molar refractivity (Wildman–Crippen MR) is 91.3 cm³/mol. The van der Waals surface area contributed by atoms with E-state index in [9.17, 15) is 9.59 Å². The molecule has 8 heteroatoms. The number of amides is 1. The van der Waals surface area contributed by atoms with Gasteiger partial charge in [-0.25, -0.2) is 9.78 Å². The molecule has 0 aliphatic rings. The average molecular weight is 347 g/mol. The van der Waals surface area contributed by atoms with Gasteiger partial charge in [-0.3, -0.25) is 4.79 Å². The fourth-order valence-electron chi connectivity index (χ4n) is 1.81. The van der Waals surface area contributed by atoms with Gasteiger partial charge >= 0.3 is 5.97 Å². The van der Waals surface area contributed by atoms with Crippen molar-refractivity contribution in [2.45, 2.75) is 13.0 Å². The van der Waals surface area contributed by atoms with Gasteiger partial charge < -0.3 is 15.8 Å². The summed E-state index contributed by atoms with van der Waals surface area (Å²) < 4.78 is 5.86. The number of nitrogens with zero attached hydrogens (tertiary/aromatic N) is 1. The van der Waals surface area contributed by atoms with Gasteiger partial charge in [0.25, 0.3) is 5.91 Å². The summed E-state index contributed by atoms with van der Waals surface area (Å²) >= 11 is 2.67. The number of ether oxygens (including phenoxy) is 1. The maximum absolute atomic E-state index is 11.9. The second-order valence-electron chi connectivity index (χ2n) is 4.74. The number of primary amides is 1. The smallest absolute Gasteiger partial charge is 0.349 e. The first kappa shape index (κ1) is 15.4. The zero-order valence-corrected chi connectivity index (χ0v) is 13.7. The first-order chi connectivity index (χ1) is 11.0. The second kappa shape index (κ2) is 6.35. The van der Waals surface area contributed by atoms with Crippen molar-refractivity contribution < 1.29 is 14.3 Å². The lowest BCUT2D eigenvalue weighted by Gasteiger charge is -2.07. The molecule has 1 atom stereocenters. The van der Waals surface area contributed by atoms with Gasteiger partial charge in [0, 0.05) is 5.69 Å². The van der Waals surface area contributed by atoms with E-state index in [1.54, 1.807) is 6.07 Å². The number of rotatable bonds is 5. The lowest BCUT2D eigenvalue weighted by molar-refractivity contribution is -0.125. The minimum Gasteiger partial charge on any atom is -0.448 e. The lowest BCUT2D eigenvalue weighted by atomic mass is 10.3. The van der Waals surface area contributed by atoms with E-state index >= 15 is 0 Å². The summed E-state index contributed by atoms with van der Waals surface area (Å²) in [4.78, 5) is 28.5. The summed E-state index contributed by atoms with van der Waals surface area (Å²) in [6.45, 7) is 1.44. The fourth-order valence-corrected chi connectivity index (χ4v) is 3.83. The van der Waals surface area contributed by atoms with Crippen LogP contribution in [-0.4, -0.2) is 23.0 Å². The standard InChI is InChI=1S/C15H13N3O3S2/c1-8(12(16)19)21-14(20)11-7-10-13(22-11)18-15(23-10)17-9-5-3-2-4-6-9/h2-8H,1H3,(H2,16,19)(H,17,18)/t8-/m1/s1. The molecule has 118 valence electrons. The molecule has 2 aromatic heterocycles. The van der Waals surface area contributed by atoms with Crippen LogP contribution in [0.4, 0.5) is 10.8 Å². The topological polar surface area (TPSA) is 94.3 Å². The number of carbonyl (C=O) groups excluding carboxylic acids is 2. The number of hydrogen-bond acceptors (Lipinski definition) is 7. The van der Waals surface area contributed by atoms with Crippen LogP contribution in [0, 0.1) is 0 Å². The summed E-state index contributed by atoms with van der Waals surface area (Å²) in [5.74, 6) is -1.24. The fraction of sp³-hybridized carbons (Fsp3) is 0.133. The molecule has 6 nitrogen and oxygen atoms in total. The molecule has 0 saturated heterocycles. The van der Waals surface area contributed by atoms with Gasteiger partial charge in [-0.2, -0.15) is 0 Å². The molecule has 1 aromatic carbocycles. The van der Waals surface area contributed by atoms with E-state index in [4.69, 9.17) is 10.5 Å². The number of carbonyl (C=O) groups is 2. The van der Waals surface area contributed by atoms with Crippen molar-refractivity contribution in [1.82, 2.24) is 4.98 Å². The number of fused-ring (bicyclic) bond motifs is 1. The van der Waals surface area contributed by atoms with Crippen LogP contribution in [0.1, 0.15) is 16.6 Å². The Bertz CT molecular complexity index is 826. The van der Waals surface area contributed by atoms with Crippen molar-refractivity contribution in [3.63, 3.8) is 0 Å². The Kier molecular flexibility index (Phi) is 4.26. The number of hydrogen-bond donors (Lipinski definition) is 2. The Balaban J connectivity index is 1.75. The number of thiophene rings is 1. The molecular formula is C15H13N3O3S2. The Morgan fingerprint density at radius 3 is 2.65 bits per heavy atom. The lowest BCUT2D eigenvalue weighted by Crippen LogP contribution is -2.30. The quantitative estimate of drug-likeness (QED) is 0.692. The Morgan fingerprint density at radius 2 is 2.00 bits per heavy atom. The van der Waals surface area contributed by atoms with Crippen molar-refractivity contribution in [1.29, 1.82) is 0 Å². The highest BCUT2D eigenvalue weighted by Gasteiger charge is 2.19. The number of esters is 1. The summed E-state index contributed by atoms with van der Waals surface area (Å²) in [6, 6.07) is 11.4. The minimum absolute atomic E-state index is 0.401. The second-order valence-corrected chi connectivity index (χ2v) is 6.80. The number of thiazole rings is 1. The molecule has 0 spiro atoms. The third-order valence-corrected chi connectivity index (χ3v) is 5.06. The van der Waals surface area contributed by atoms with E-state index in [1.165, 1.54) is 29.6 Å². The van der Waals surface area contributed by atoms with E-state index < -0.39 is 18.0 Å². The molecule has 3 N–H and O–H groups in total. The Hall–Kier alpha value is -2.45. The molecule has 23 heavy (non-hydrogen) atoms. The van der Waals surface area contributed by atoms with E-state index in [0.717, 1.165) is 20.3 Å². The maximum atomic E-state index is 11.9. The number of nitrogens with two attached hydrogens (primary N) is 1. The van der Waals surface area contributed by atoms with Crippen LogP contribution in [0.3, 0.4) is 0 Å². The van der Waals surface area contributed by atoms with Crippen LogP contribution in [0.2, 0.25) is 0 Å². The van der Waals surface area contributed by atoms with Gasteiger partial charge in [-0.05, 0) is 25.1 Å². The van der Waals surface area contributed by atoms with E-state index in [2.05, 4.69) is 10.3 Å². The van der Waals surface area contributed by atoms with E-state index in [0.29, 0.717) is 4.88 Å². The van der Waals surface area contributed by atoms with Gasteiger partial charge in [0.2, 0.25) is 0 Å². The Morgan fingerprint density at radius 1 is 1.26 bits per heavy atom. The molecule has 0 aliphatic heterocycles. The highest BCUT2D eigenvalue weighted by Crippen LogP contribution is 2.34. The molecule has 0 aliphatic carbocycles. The highest BCUT2D eigenvalue weighted by atomic mass is 32.1. The normalized spacial score (nSPS) is 12.0. The molecule has 3 aromatic rings. The van der Waals surface area contributed by atoms with E-state index in [-0.39, 0.29) is 0 Å². The van der Waals surface area contributed by atoms with Gasteiger partial charge in [0.1, 0.15) is 9.71 Å². The van der Waals surface area contributed by atoms with Crippen LogP contribution in [0.25, 0.3) is 9.53 Å². The van der Waals surface area contributed by atoms with Crippen LogP contribution in [0.5, 0.6) is 0 Å². The maximum Gasteiger partial charge on any atom is 0.349 e. The van der Waals surface area contributed by atoms with Gasteiger partial charge in [-0.1, -0.05) is 29.5 Å². The minimum atomic E-state index is -0.953. The summed E-state index contributed by atoms with van der Waals surface area (Å²) in [7, 11) is 0. The number of aromatic nitrogens is 1. The number of para-hydroxylation sites is 1. The summed E-state index contributed by atoms with van der Waals surface area (Å²) in [5.41, 5.74) is 6.03. The molecule has 1 amide bonds. The largest absolute Gasteiger partial charge is 0.448 e. The monoisotopic (exact) mass is 347 g/mol. The molecule has 0 radical (unpaired) electrons. The zero-order chi connectivity index (χ0) is 16.4. The van der Waals surface area contributed by atoms with Crippen molar-refractivity contribution in [2.24, 2.45) is 5.73 Å². The van der Waals surface area contributed by atoms with Gasteiger partial charge in [0.15, 0.2) is 11.2 Å². The van der Waals surface area contributed by atoms with Crippen molar-refractivity contribution >= 4 is 54.9 Å². The molecule has 2 heterocycles. The first-order valence-electron chi connectivity index (χ1n) is 6.75. The van der Waals surface area contributed by atoms with Gasteiger partial charge in [0.05, 0.1) is 4.70 Å². The van der Waals surface area contributed by atoms with Crippen LogP contribution in [0.15, 0.2) is 36.4 Å². The molecule has 0 bridgehead atoms. The number of benzene rings is 1. The van der Waals surface area contributed by atoms with Crippen LogP contribution >= 0.6 is 22.7 Å². The molecular weight excluding hydrogens is 334 g/mol. The third kappa shape index (κ3) is 3.49. The van der Waals surface area contributed by atoms with Crippen molar-refractivity contribution in [2.75, 3.05) is 5.32 Å². The molecule has 0 saturated carbocycles. The predicted octanol–water partition coefficient (Wildman–Crippen LogP) is 3.13. The summed E-state index contributed by atoms with van der Waals surface area (Å²) in [5, 5.41) is 3.96. The third-order valence-electron chi connectivity index (χ3n) is 3.00. The molecule has 3 rings (SSSR count). The zero-order valence-electron chi connectivity index (χ0n) is 12.1.